The van der Waals surface area contributed by atoms with Gasteiger partial charge in [-0.2, -0.15) is 0 Å². The van der Waals surface area contributed by atoms with Crippen LogP contribution in [0.4, 0.5) is 5.82 Å². The van der Waals surface area contributed by atoms with Crippen molar-refractivity contribution in [1.82, 2.24) is 10.3 Å². The van der Waals surface area contributed by atoms with E-state index in [0.717, 1.165) is 31.9 Å². The van der Waals surface area contributed by atoms with E-state index >= 15 is 0 Å². The van der Waals surface area contributed by atoms with Crippen LogP contribution in [0.25, 0.3) is 0 Å². The summed E-state index contributed by atoms with van der Waals surface area (Å²) in [7, 11) is 0. The number of aromatic nitrogens is 1. The van der Waals surface area contributed by atoms with Gasteiger partial charge in [0, 0.05) is 18.8 Å². The first-order chi connectivity index (χ1) is 9.02. The molecule has 1 rings (SSSR count). The molecule has 3 nitrogen and oxygen atoms in total. The Morgan fingerprint density at radius 3 is 2.47 bits per heavy atom. The van der Waals surface area contributed by atoms with Crippen molar-refractivity contribution in [1.29, 1.82) is 0 Å². The highest BCUT2D eigenvalue weighted by Gasteiger charge is 2.06. The van der Waals surface area contributed by atoms with E-state index < -0.39 is 0 Å². The highest BCUT2D eigenvalue weighted by atomic mass is 15.0. The predicted octanol–water partition coefficient (Wildman–Crippen LogP) is 3.77. The SMILES string of the molecule is CCCNc1cc(CNCC(C)C)cc(C(C)C)n1. The number of nitrogens with one attached hydrogen (secondary N) is 2. The Morgan fingerprint density at radius 2 is 1.89 bits per heavy atom. The summed E-state index contributed by atoms with van der Waals surface area (Å²) in [5.74, 6) is 2.16. The van der Waals surface area contributed by atoms with E-state index in [4.69, 9.17) is 0 Å². The van der Waals surface area contributed by atoms with Crippen molar-refractivity contribution in [2.24, 2.45) is 5.92 Å². The van der Waals surface area contributed by atoms with Crippen molar-refractivity contribution < 1.29 is 0 Å². The molecule has 2 N–H and O–H groups in total. The van der Waals surface area contributed by atoms with Crippen molar-refractivity contribution in [2.75, 3.05) is 18.4 Å². The molecule has 0 amide bonds. The molecule has 108 valence electrons. The van der Waals surface area contributed by atoms with Crippen molar-refractivity contribution in [3.63, 3.8) is 0 Å². The van der Waals surface area contributed by atoms with E-state index in [1.807, 2.05) is 0 Å². The minimum absolute atomic E-state index is 0.465. The van der Waals surface area contributed by atoms with Crippen LogP contribution < -0.4 is 10.6 Å². The molecule has 0 aliphatic carbocycles. The first kappa shape index (κ1) is 16.0. The maximum absolute atomic E-state index is 4.67. The van der Waals surface area contributed by atoms with Crippen LogP contribution in [0.15, 0.2) is 12.1 Å². The van der Waals surface area contributed by atoms with Crippen molar-refractivity contribution in [2.45, 2.75) is 53.5 Å². The van der Waals surface area contributed by atoms with E-state index in [0.29, 0.717) is 11.8 Å². The molecule has 0 aliphatic rings. The molecule has 0 saturated carbocycles. The first-order valence-electron chi connectivity index (χ1n) is 7.48. The van der Waals surface area contributed by atoms with Crippen molar-refractivity contribution in [3.8, 4) is 0 Å². The summed E-state index contributed by atoms with van der Waals surface area (Å²) in [4.78, 5) is 4.67. The van der Waals surface area contributed by atoms with Gasteiger partial charge in [0.2, 0.25) is 0 Å². The van der Waals surface area contributed by atoms with Gasteiger partial charge in [0.15, 0.2) is 0 Å². The Balaban J connectivity index is 2.74. The molecule has 0 radical (unpaired) electrons. The third-order valence-corrected chi connectivity index (χ3v) is 2.93. The molecule has 1 aromatic heterocycles. The minimum atomic E-state index is 0.465. The van der Waals surface area contributed by atoms with Crippen LogP contribution in [0.1, 0.15) is 58.2 Å². The third kappa shape index (κ3) is 6.06. The lowest BCUT2D eigenvalue weighted by molar-refractivity contribution is 0.552. The first-order valence-corrected chi connectivity index (χ1v) is 7.48. The standard InChI is InChI=1S/C16H29N3/c1-6-7-18-16-9-14(11-17-10-12(2)3)8-15(19-16)13(4)5/h8-9,12-13,17H,6-7,10-11H2,1-5H3,(H,18,19). The second kappa shape index (κ2) is 8.16. The van der Waals surface area contributed by atoms with E-state index in [9.17, 15) is 0 Å². The number of hydrogen-bond donors (Lipinski definition) is 2. The Labute approximate surface area is 118 Å². The highest BCUT2D eigenvalue weighted by molar-refractivity contribution is 5.40. The summed E-state index contributed by atoms with van der Waals surface area (Å²) in [5, 5.41) is 6.89. The van der Waals surface area contributed by atoms with E-state index in [2.05, 4.69) is 62.4 Å². The largest absolute Gasteiger partial charge is 0.370 e. The van der Waals surface area contributed by atoms with Gasteiger partial charge in [0.05, 0.1) is 0 Å². The van der Waals surface area contributed by atoms with Crippen LogP contribution in [-0.4, -0.2) is 18.1 Å². The van der Waals surface area contributed by atoms with Gasteiger partial charge in [-0.15, -0.1) is 0 Å². The third-order valence-electron chi connectivity index (χ3n) is 2.93. The lowest BCUT2D eigenvalue weighted by Gasteiger charge is -2.13. The fourth-order valence-corrected chi connectivity index (χ4v) is 1.86. The van der Waals surface area contributed by atoms with Crippen molar-refractivity contribution in [3.05, 3.63) is 23.4 Å². The summed E-state index contributed by atoms with van der Waals surface area (Å²) in [6.07, 6.45) is 1.12. The average Bonchev–Trinajstić information content (AvgIpc) is 2.35. The Hall–Kier alpha value is -1.09. The van der Waals surface area contributed by atoms with Crippen molar-refractivity contribution >= 4 is 5.82 Å². The van der Waals surface area contributed by atoms with E-state index in [1.165, 1.54) is 11.3 Å². The Bertz CT molecular complexity index is 372. The van der Waals surface area contributed by atoms with Gasteiger partial charge in [0.1, 0.15) is 5.82 Å². The molecule has 0 aromatic carbocycles. The van der Waals surface area contributed by atoms with Gasteiger partial charge < -0.3 is 10.6 Å². The van der Waals surface area contributed by atoms with Gasteiger partial charge in [-0.1, -0.05) is 34.6 Å². The summed E-state index contributed by atoms with van der Waals surface area (Å²) in [6, 6.07) is 4.38. The van der Waals surface area contributed by atoms with E-state index in [-0.39, 0.29) is 0 Å². The van der Waals surface area contributed by atoms with Crippen LogP contribution in [0, 0.1) is 5.92 Å². The summed E-state index contributed by atoms with van der Waals surface area (Å²) in [6.45, 7) is 14.0. The Morgan fingerprint density at radius 1 is 1.16 bits per heavy atom. The Kier molecular flexibility index (Phi) is 6.85. The smallest absolute Gasteiger partial charge is 0.126 e. The lowest BCUT2D eigenvalue weighted by Crippen LogP contribution is -2.19. The second-order valence-electron chi connectivity index (χ2n) is 5.89. The van der Waals surface area contributed by atoms with Gasteiger partial charge in [-0.25, -0.2) is 4.98 Å². The maximum atomic E-state index is 4.67. The van der Waals surface area contributed by atoms with Gasteiger partial charge in [-0.05, 0) is 42.5 Å². The summed E-state index contributed by atoms with van der Waals surface area (Å²) in [5.41, 5.74) is 2.49. The fraction of sp³-hybridized carbons (Fsp3) is 0.688. The molecule has 1 heterocycles. The zero-order chi connectivity index (χ0) is 14.3. The fourth-order valence-electron chi connectivity index (χ4n) is 1.86. The molecule has 0 unspecified atom stereocenters. The van der Waals surface area contributed by atoms with E-state index in [1.54, 1.807) is 0 Å². The normalized spacial score (nSPS) is 11.3. The zero-order valence-electron chi connectivity index (χ0n) is 13.1. The number of nitrogens with zero attached hydrogens (tertiary/aromatic N) is 1. The monoisotopic (exact) mass is 263 g/mol. The van der Waals surface area contributed by atoms with Crippen LogP contribution >= 0.6 is 0 Å². The minimum Gasteiger partial charge on any atom is -0.370 e. The predicted molar refractivity (Wildman–Crippen MR) is 83.7 cm³/mol. The molecule has 19 heavy (non-hydrogen) atoms. The number of anilines is 1. The van der Waals surface area contributed by atoms with Gasteiger partial charge >= 0.3 is 0 Å². The van der Waals surface area contributed by atoms with Gasteiger partial charge in [0.25, 0.3) is 0 Å². The molecule has 0 fully saturated rings. The van der Waals surface area contributed by atoms with Crippen LogP contribution in [0.5, 0.6) is 0 Å². The number of hydrogen-bond acceptors (Lipinski definition) is 3. The van der Waals surface area contributed by atoms with Gasteiger partial charge in [-0.3, -0.25) is 0 Å². The summed E-state index contributed by atoms with van der Waals surface area (Å²) < 4.78 is 0. The van der Waals surface area contributed by atoms with Crippen LogP contribution in [0.2, 0.25) is 0 Å². The second-order valence-corrected chi connectivity index (χ2v) is 5.89. The molecule has 0 saturated heterocycles. The number of pyridine rings is 1. The van der Waals surface area contributed by atoms with Crippen LogP contribution in [-0.2, 0) is 6.54 Å². The molecule has 3 heteroatoms. The maximum Gasteiger partial charge on any atom is 0.126 e. The molecule has 1 aromatic rings. The molecule has 0 spiro atoms. The molecule has 0 bridgehead atoms. The highest BCUT2D eigenvalue weighted by Crippen LogP contribution is 2.17. The number of rotatable bonds is 8. The molecular weight excluding hydrogens is 234 g/mol. The van der Waals surface area contributed by atoms with Crippen LogP contribution in [0.3, 0.4) is 0 Å². The lowest BCUT2D eigenvalue weighted by atomic mass is 10.1. The zero-order valence-corrected chi connectivity index (χ0v) is 13.1. The molecule has 0 atom stereocenters. The average molecular weight is 263 g/mol. The topological polar surface area (TPSA) is 37.0 Å². The summed E-state index contributed by atoms with van der Waals surface area (Å²) >= 11 is 0. The molecule has 0 aliphatic heterocycles. The molecular formula is C16H29N3. The quantitative estimate of drug-likeness (QED) is 0.749.